The van der Waals surface area contributed by atoms with Gasteiger partial charge in [0.15, 0.2) is 5.76 Å². The van der Waals surface area contributed by atoms with Gasteiger partial charge in [-0.2, -0.15) is 4.31 Å². The van der Waals surface area contributed by atoms with Crippen LogP contribution >= 0.6 is 11.3 Å². The second-order valence-corrected chi connectivity index (χ2v) is 8.23. The van der Waals surface area contributed by atoms with E-state index in [1.165, 1.54) is 21.8 Å². The molecular formula is C13H16N2O4S2. The molecule has 3 heterocycles. The van der Waals surface area contributed by atoms with Gasteiger partial charge in [0.25, 0.3) is 0 Å². The van der Waals surface area contributed by atoms with Crippen LogP contribution in [0.4, 0.5) is 0 Å². The summed E-state index contributed by atoms with van der Waals surface area (Å²) in [6, 6.07) is 3.32. The van der Waals surface area contributed by atoms with E-state index in [0.717, 1.165) is 4.88 Å². The summed E-state index contributed by atoms with van der Waals surface area (Å²) < 4.78 is 31.9. The Morgan fingerprint density at radius 2 is 2.33 bits per heavy atom. The highest BCUT2D eigenvalue weighted by molar-refractivity contribution is 7.89. The van der Waals surface area contributed by atoms with E-state index in [2.05, 4.69) is 5.16 Å². The first-order chi connectivity index (χ1) is 9.98. The fraction of sp³-hybridized carbons (Fsp3) is 0.462. The molecule has 8 heteroatoms. The van der Waals surface area contributed by atoms with Crippen molar-refractivity contribution in [1.82, 2.24) is 9.46 Å². The number of hydrogen-bond acceptors (Lipinski definition) is 6. The van der Waals surface area contributed by atoms with Gasteiger partial charge in [-0.1, -0.05) is 5.16 Å². The molecule has 1 N–H and O–H groups in total. The first-order valence-corrected chi connectivity index (χ1v) is 8.94. The first-order valence-electron chi connectivity index (χ1n) is 6.68. The van der Waals surface area contributed by atoms with E-state index in [1.807, 2.05) is 0 Å². The largest absolute Gasteiger partial charge is 0.392 e. The number of aliphatic hydroxyl groups is 1. The minimum atomic E-state index is -3.57. The lowest BCUT2D eigenvalue weighted by molar-refractivity contribution is 0.108. The summed E-state index contributed by atoms with van der Waals surface area (Å²) in [5.41, 5.74) is 0. The third kappa shape index (κ3) is 2.76. The topological polar surface area (TPSA) is 83.6 Å². The Labute approximate surface area is 127 Å². The van der Waals surface area contributed by atoms with Crippen LogP contribution in [0.3, 0.4) is 0 Å². The van der Waals surface area contributed by atoms with Crippen molar-refractivity contribution in [2.24, 2.45) is 0 Å². The molecule has 1 saturated heterocycles. The van der Waals surface area contributed by atoms with Crippen molar-refractivity contribution < 1.29 is 18.0 Å². The molecule has 6 nitrogen and oxygen atoms in total. The third-order valence-electron chi connectivity index (χ3n) is 3.53. The molecule has 0 aliphatic carbocycles. The minimum absolute atomic E-state index is 0.162. The molecule has 0 bridgehead atoms. The van der Waals surface area contributed by atoms with Crippen LogP contribution in [0.1, 0.15) is 17.7 Å². The fourth-order valence-electron chi connectivity index (χ4n) is 2.46. The smallest absolute Gasteiger partial charge is 0.244 e. The molecule has 114 valence electrons. The summed E-state index contributed by atoms with van der Waals surface area (Å²) in [6.07, 6.45) is 2.27. The molecule has 2 aromatic heterocycles. The quantitative estimate of drug-likeness (QED) is 0.930. The van der Waals surface area contributed by atoms with Gasteiger partial charge >= 0.3 is 0 Å². The Bertz CT molecular complexity index is 721. The normalized spacial score (nSPS) is 20.8. The highest BCUT2D eigenvalue weighted by atomic mass is 32.2. The van der Waals surface area contributed by atoms with Crippen molar-refractivity contribution in [1.29, 1.82) is 0 Å². The van der Waals surface area contributed by atoms with Crippen LogP contribution in [0.5, 0.6) is 0 Å². The van der Waals surface area contributed by atoms with E-state index in [-0.39, 0.29) is 11.4 Å². The molecule has 0 saturated carbocycles. The van der Waals surface area contributed by atoms with E-state index in [4.69, 9.17) is 4.52 Å². The van der Waals surface area contributed by atoms with Gasteiger partial charge in [-0.3, -0.25) is 0 Å². The summed E-state index contributed by atoms with van der Waals surface area (Å²) in [7, 11) is -3.57. The zero-order valence-corrected chi connectivity index (χ0v) is 13.2. The molecule has 0 spiro atoms. The first kappa shape index (κ1) is 14.7. The van der Waals surface area contributed by atoms with Gasteiger partial charge in [-0.25, -0.2) is 8.42 Å². The van der Waals surface area contributed by atoms with Crippen molar-refractivity contribution in [3.63, 3.8) is 0 Å². The zero-order valence-electron chi connectivity index (χ0n) is 11.5. The molecular weight excluding hydrogens is 312 g/mol. The van der Waals surface area contributed by atoms with Crippen molar-refractivity contribution in [3.8, 4) is 10.6 Å². The lowest BCUT2D eigenvalue weighted by Crippen LogP contribution is -2.42. The van der Waals surface area contributed by atoms with E-state index < -0.39 is 16.1 Å². The Kier molecular flexibility index (Phi) is 3.87. The van der Waals surface area contributed by atoms with E-state index in [0.29, 0.717) is 30.0 Å². The van der Waals surface area contributed by atoms with Gasteiger partial charge in [-0.15, -0.1) is 11.3 Å². The molecule has 3 rings (SSSR count). The van der Waals surface area contributed by atoms with Gasteiger partial charge in [0.1, 0.15) is 0 Å². The van der Waals surface area contributed by atoms with Crippen molar-refractivity contribution in [3.05, 3.63) is 23.2 Å². The maximum absolute atomic E-state index is 12.7. The Morgan fingerprint density at radius 1 is 1.52 bits per heavy atom. The summed E-state index contributed by atoms with van der Waals surface area (Å²) in [5.74, 6) is 0.559. The monoisotopic (exact) mass is 328 g/mol. The average Bonchev–Trinajstić information content (AvgIpc) is 3.07. The highest BCUT2D eigenvalue weighted by Gasteiger charge is 2.32. The van der Waals surface area contributed by atoms with Crippen LogP contribution in [0, 0.1) is 6.92 Å². The molecule has 21 heavy (non-hydrogen) atoms. The number of hydrogen-bond donors (Lipinski definition) is 1. The number of aromatic nitrogens is 1. The molecule has 0 radical (unpaired) electrons. The molecule has 1 fully saturated rings. The number of β-amino-alcohol motifs (C(OH)–C–C–N with tert-alkyl or cyclic N) is 1. The lowest BCUT2D eigenvalue weighted by Gasteiger charge is -2.29. The van der Waals surface area contributed by atoms with Crippen molar-refractivity contribution in [2.45, 2.75) is 30.8 Å². The Morgan fingerprint density at radius 3 is 3.00 bits per heavy atom. The number of thiophene rings is 1. The van der Waals surface area contributed by atoms with Gasteiger partial charge in [0.05, 0.1) is 22.1 Å². The van der Waals surface area contributed by atoms with Crippen molar-refractivity contribution in [2.75, 3.05) is 13.1 Å². The summed E-state index contributed by atoms with van der Waals surface area (Å²) in [6.45, 7) is 2.39. The number of aliphatic hydroxyl groups excluding tert-OH is 1. The van der Waals surface area contributed by atoms with Gasteiger partial charge in [0, 0.05) is 24.0 Å². The molecule has 2 aromatic rings. The maximum Gasteiger partial charge on any atom is 0.244 e. The predicted octanol–water partition coefficient (Wildman–Crippen LogP) is 1.86. The molecule has 1 unspecified atom stereocenters. The molecule has 0 aromatic carbocycles. The summed E-state index contributed by atoms with van der Waals surface area (Å²) in [4.78, 5) is 1.73. The molecule has 0 amide bonds. The van der Waals surface area contributed by atoms with Crippen LogP contribution in [0.25, 0.3) is 10.6 Å². The van der Waals surface area contributed by atoms with E-state index >= 15 is 0 Å². The number of aryl methyl sites for hydroxylation is 1. The van der Waals surface area contributed by atoms with E-state index in [1.54, 1.807) is 19.1 Å². The van der Waals surface area contributed by atoms with Gasteiger partial charge < -0.3 is 9.63 Å². The maximum atomic E-state index is 12.7. The standard InChI is InChI=1S/C13H16N2O4S2/c1-9-13(7-12(20-9)11-4-5-14-19-11)21(17,18)15-6-2-3-10(16)8-15/h4-5,7,10,16H,2-3,6,8H2,1H3. The number of nitrogens with zero attached hydrogens (tertiary/aromatic N) is 2. The van der Waals surface area contributed by atoms with Crippen LogP contribution in [-0.2, 0) is 10.0 Å². The third-order valence-corrected chi connectivity index (χ3v) is 6.72. The number of rotatable bonds is 3. The van der Waals surface area contributed by atoms with Crippen LogP contribution in [0.15, 0.2) is 27.7 Å². The SMILES string of the molecule is Cc1sc(-c2ccno2)cc1S(=O)(=O)N1CCCC(O)C1. The minimum Gasteiger partial charge on any atom is -0.392 e. The van der Waals surface area contributed by atoms with Crippen LogP contribution in [-0.4, -0.2) is 42.2 Å². The molecule has 1 aliphatic rings. The summed E-state index contributed by atoms with van der Waals surface area (Å²) in [5, 5.41) is 13.3. The second-order valence-electron chi connectivity index (χ2n) is 5.07. The van der Waals surface area contributed by atoms with Gasteiger partial charge in [0.2, 0.25) is 10.0 Å². The second kappa shape index (κ2) is 5.53. The molecule has 1 aliphatic heterocycles. The van der Waals surface area contributed by atoms with Crippen molar-refractivity contribution >= 4 is 21.4 Å². The molecule has 1 atom stereocenters. The fourth-order valence-corrected chi connectivity index (χ4v) is 5.50. The summed E-state index contributed by atoms with van der Waals surface area (Å²) >= 11 is 1.36. The highest BCUT2D eigenvalue weighted by Crippen LogP contribution is 2.35. The van der Waals surface area contributed by atoms with E-state index in [9.17, 15) is 13.5 Å². The average molecular weight is 328 g/mol. The van der Waals surface area contributed by atoms with Crippen LogP contribution < -0.4 is 0 Å². The Balaban J connectivity index is 1.96. The zero-order chi connectivity index (χ0) is 15.0. The predicted molar refractivity (Wildman–Crippen MR) is 78.6 cm³/mol. The number of sulfonamides is 1. The van der Waals surface area contributed by atoms with Gasteiger partial charge in [-0.05, 0) is 25.8 Å². The lowest BCUT2D eigenvalue weighted by atomic mass is 10.1. The number of piperidine rings is 1. The Hall–Kier alpha value is -1.22. The van der Waals surface area contributed by atoms with Crippen LogP contribution in [0.2, 0.25) is 0 Å².